The van der Waals surface area contributed by atoms with Gasteiger partial charge in [0.2, 0.25) is 10.0 Å². The highest BCUT2D eigenvalue weighted by Gasteiger charge is 2.34. The maximum atomic E-state index is 12.6. The van der Waals surface area contributed by atoms with E-state index in [1.807, 2.05) is 0 Å². The van der Waals surface area contributed by atoms with Gasteiger partial charge in [0.25, 0.3) is 0 Å². The minimum Gasteiger partial charge on any atom is -0.466 e. The lowest BCUT2D eigenvalue weighted by molar-refractivity contribution is -0.168. The third-order valence-electron chi connectivity index (χ3n) is 4.06. The summed E-state index contributed by atoms with van der Waals surface area (Å²) in [5.74, 6) is -1.58. The van der Waals surface area contributed by atoms with Crippen molar-refractivity contribution in [1.29, 1.82) is 0 Å². The molecule has 1 aliphatic heterocycles. The Morgan fingerprint density at radius 1 is 1.20 bits per heavy atom. The molecular formula is C16H20ClNO6S. The number of benzene rings is 1. The van der Waals surface area contributed by atoms with Crippen molar-refractivity contribution < 1.29 is 27.5 Å². The maximum Gasteiger partial charge on any atom is 0.346 e. The summed E-state index contributed by atoms with van der Waals surface area (Å²) in [6.07, 6.45) is -0.313. The summed E-state index contributed by atoms with van der Waals surface area (Å²) in [7, 11) is -2.40. The van der Waals surface area contributed by atoms with Gasteiger partial charge in [-0.3, -0.25) is 4.79 Å². The van der Waals surface area contributed by atoms with Crippen LogP contribution in [0.15, 0.2) is 29.2 Å². The number of piperidine rings is 1. The standard InChI is InChI=1S/C16H20ClNO6S/c1-11(15(19)23-2)24-16(20)12-7-9-18(10-8-12)25(21,22)14-5-3-13(17)4-6-14/h3-6,11-12H,7-10H2,1-2H3. The molecule has 1 aromatic carbocycles. The number of nitrogens with zero attached hydrogens (tertiary/aromatic N) is 1. The molecule has 0 bridgehead atoms. The lowest BCUT2D eigenvalue weighted by atomic mass is 9.98. The zero-order valence-electron chi connectivity index (χ0n) is 14.0. The number of hydrogen-bond acceptors (Lipinski definition) is 6. The van der Waals surface area contributed by atoms with Gasteiger partial charge in [0.15, 0.2) is 6.10 Å². The number of halogens is 1. The highest BCUT2D eigenvalue weighted by atomic mass is 35.5. The van der Waals surface area contributed by atoms with E-state index in [0.717, 1.165) is 0 Å². The molecule has 0 radical (unpaired) electrons. The Balaban J connectivity index is 1.96. The van der Waals surface area contributed by atoms with Crippen molar-refractivity contribution in [2.75, 3.05) is 20.2 Å². The van der Waals surface area contributed by atoms with E-state index in [4.69, 9.17) is 16.3 Å². The number of methoxy groups -OCH3 is 1. The van der Waals surface area contributed by atoms with Crippen LogP contribution in [0.2, 0.25) is 5.02 Å². The molecule has 0 N–H and O–H groups in total. The Morgan fingerprint density at radius 3 is 2.28 bits per heavy atom. The molecule has 1 aromatic rings. The van der Waals surface area contributed by atoms with E-state index in [2.05, 4.69) is 4.74 Å². The fourth-order valence-corrected chi connectivity index (χ4v) is 4.17. The molecule has 0 aromatic heterocycles. The molecular weight excluding hydrogens is 370 g/mol. The SMILES string of the molecule is COC(=O)C(C)OC(=O)C1CCN(S(=O)(=O)c2ccc(Cl)cc2)CC1. The van der Waals surface area contributed by atoms with Crippen LogP contribution in [0.3, 0.4) is 0 Å². The van der Waals surface area contributed by atoms with E-state index in [-0.39, 0.29) is 18.0 Å². The maximum absolute atomic E-state index is 12.6. The smallest absolute Gasteiger partial charge is 0.346 e. The molecule has 0 spiro atoms. The lowest BCUT2D eigenvalue weighted by Gasteiger charge is -2.30. The molecule has 0 saturated carbocycles. The van der Waals surface area contributed by atoms with Gasteiger partial charge in [-0.25, -0.2) is 13.2 Å². The summed E-state index contributed by atoms with van der Waals surface area (Å²) in [6.45, 7) is 1.85. The Labute approximate surface area is 151 Å². The first-order valence-corrected chi connectivity index (χ1v) is 9.61. The van der Waals surface area contributed by atoms with Crippen LogP contribution >= 0.6 is 11.6 Å². The van der Waals surface area contributed by atoms with Gasteiger partial charge < -0.3 is 9.47 Å². The quantitative estimate of drug-likeness (QED) is 0.714. The first-order chi connectivity index (χ1) is 11.8. The van der Waals surface area contributed by atoms with Crippen LogP contribution in [0.5, 0.6) is 0 Å². The van der Waals surface area contributed by atoms with Gasteiger partial charge in [-0.2, -0.15) is 4.31 Å². The van der Waals surface area contributed by atoms with Gasteiger partial charge in [0.1, 0.15) is 0 Å². The number of esters is 2. The van der Waals surface area contributed by atoms with Crippen molar-refractivity contribution in [2.24, 2.45) is 5.92 Å². The van der Waals surface area contributed by atoms with E-state index in [0.29, 0.717) is 17.9 Å². The third-order valence-corrected chi connectivity index (χ3v) is 6.23. The lowest BCUT2D eigenvalue weighted by Crippen LogP contribution is -2.41. The van der Waals surface area contributed by atoms with Gasteiger partial charge in [0.05, 0.1) is 17.9 Å². The zero-order chi connectivity index (χ0) is 18.6. The average Bonchev–Trinajstić information content (AvgIpc) is 2.61. The molecule has 1 saturated heterocycles. The summed E-state index contributed by atoms with van der Waals surface area (Å²) in [4.78, 5) is 23.5. The van der Waals surface area contributed by atoms with E-state index in [9.17, 15) is 18.0 Å². The van der Waals surface area contributed by atoms with Gasteiger partial charge in [-0.1, -0.05) is 11.6 Å². The van der Waals surface area contributed by atoms with E-state index in [1.54, 1.807) is 0 Å². The van der Waals surface area contributed by atoms with Crippen molar-refractivity contribution in [3.05, 3.63) is 29.3 Å². The molecule has 2 rings (SSSR count). The molecule has 25 heavy (non-hydrogen) atoms. The average molecular weight is 390 g/mol. The molecule has 7 nitrogen and oxygen atoms in total. The first-order valence-electron chi connectivity index (χ1n) is 7.79. The molecule has 1 heterocycles. The normalized spacial score (nSPS) is 17.7. The van der Waals surface area contributed by atoms with Crippen molar-refractivity contribution in [3.63, 3.8) is 0 Å². The monoisotopic (exact) mass is 389 g/mol. The van der Waals surface area contributed by atoms with E-state index in [1.165, 1.54) is 42.6 Å². The summed E-state index contributed by atoms with van der Waals surface area (Å²) in [5.41, 5.74) is 0. The van der Waals surface area contributed by atoms with Crippen LogP contribution in [-0.2, 0) is 29.1 Å². The Kier molecular flexibility index (Phi) is 6.42. The number of carbonyl (C=O) groups excluding carboxylic acids is 2. The predicted molar refractivity (Wildman–Crippen MR) is 90.5 cm³/mol. The Bertz CT molecular complexity index is 725. The van der Waals surface area contributed by atoms with Crippen LogP contribution in [0.25, 0.3) is 0 Å². The van der Waals surface area contributed by atoms with Crippen LogP contribution in [0.1, 0.15) is 19.8 Å². The molecule has 1 unspecified atom stereocenters. The third kappa shape index (κ3) is 4.71. The van der Waals surface area contributed by atoms with Crippen LogP contribution in [0, 0.1) is 5.92 Å². The second kappa shape index (κ2) is 8.16. The summed E-state index contributed by atoms with van der Waals surface area (Å²) < 4.78 is 36.1. The second-order valence-corrected chi connectivity index (χ2v) is 8.11. The van der Waals surface area contributed by atoms with Crippen molar-refractivity contribution in [3.8, 4) is 0 Å². The number of rotatable bonds is 5. The number of ether oxygens (including phenoxy) is 2. The van der Waals surface area contributed by atoms with Gasteiger partial charge in [-0.05, 0) is 44.0 Å². The van der Waals surface area contributed by atoms with Gasteiger partial charge in [-0.15, -0.1) is 0 Å². The van der Waals surface area contributed by atoms with Crippen LogP contribution in [-0.4, -0.2) is 51.0 Å². The van der Waals surface area contributed by atoms with Crippen molar-refractivity contribution in [1.82, 2.24) is 4.31 Å². The number of hydrogen-bond donors (Lipinski definition) is 0. The fraction of sp³-hybridized carbons (Fsp3) is 0.500. The summed E-state index contributed by atoms with van der Waals surface area (Å²) in [6, 6.07) is 5.95. The van der Waals surface area contributed by atoms with Crippen molar-refractivity contribution >= 4 is 33.6 Å². The van der Waals surface area contributed by atoms with Crippen molar-refractivity contribution in [2.45, 2.75) is 30.8 Å². The van der Waals surface area contributed by atoms with Crippen LogP contribution < -0.4 is 0 Å². The van der Waals surface area contributed by atoms with Gasteiger partial charge in [0, 0.05) is 18.1 Å². The topological polar surface area (TPSA) is 90.0 Å². The highest BCUT2D eigenvalue weighted by Crippen LogP contribution is 2.25. The summed E-state index contributed by atoms with van der Waals surface area (Å²) in [5, 5.41) is 0.458. The predicted octanol–water partition coefficient (Wildman–Crippen LogP) is 1.85. The Morgan fingerprint density at radius 2 is 1.76 bits per heavy atom. The van der Waals surface area contributed by atoms with E-state index < -0.39 is 34.0 Å². The molecule has 0 aliphatic carbocycles. The number of sulfonamides is 1. The minimum atomic E-state index is -3.62. The zero-order valence-corrected chi connectivity index (χ0v) is 15.5. The second-order valence-electron chi connectivity index (χ2n) is 5.73. The first kappa shape index (κ1) is 19.7. The number of carbonyl (C=O) groups is 2. The van der Waals surface area contributed by atoms with Crippen LogP contribution in [0.4, 0.5) is 0 Å². The highest BCUT2D eigenvalue weighted by molar-refractivity contribution is 7.89. The Hall–Kier alpha value is -1.64. The molecule has 0 amide bonds. The fourth-order valence-electron chi connectivity index (χ4n) is 2.57. The molecule has 1 atom stereocenters. The van der Waals surface area contributed by atoms with Gasteiger partial charge >= 0.3 is 11.9 Å². The summed E-state index contributed by atoms with van der Waals surface area (Å²) >= 11 is 5.78. The minimum absolute atomic E-state index is 0.164. The molecule has 1 aliphatic rings. The largest absolute Gasteiger partial charge is 0.466 e. The molecule has 138 valence electrons. The van der Waals surface area contributed by atoms with E-state index >= 15 is 0 Å². The molecule has 1 fully saturated rings. The molecule has 9 heteroatoms.